The number of aromatic nitrogens is 4. The first kappa shape index (κ1) is 16.3. The SMILES string of the molecule is CCc1cccc(S(=O)(=O)NC(C)c2nnc3c(=O)[nH]ccn23)c1. The summed E-state index contributed by atoms with van der Waals surface area (Å²) in [5.41, 5.74) is 0.665. The Morgan fingerprint density at radius 3 is 2.88 bits per heavy atom. The molecular weight excluding hydrogens is 330 g/mol. The molecular formula is C15H17N5O3S. The van der Waals surface area contributed by atoms with Crippen LogP contribution in [-0.4, -0.2) is 28.0 Å². The van der Waals surface area contributed by atoms with Gasteiger partial charge in [-0.15, -0.1) is 10.2 Å². The highest BCUT2D eigenvalue weighted by molar-refractivity contribution is 7.89. The summed E-state index contributed by atoms with van der Waals surface area (Å²) in [6.07, 6.45) is 3.78. The van der Waals surface area contributed by atoms with Crippen LogP contribution in [-0.2, 0) is 16.4 Å². The standard InChI is InChI=1S/C15H17N5O3S/c1-3-11-5-4-6-12(9-11)24(22,23)19-10(2)13-17-18-14-15(21)16-7-8-20(13)14/h4-10,19H,3H2,1-2H3,(H,16,21). The summed E-state index contributed by atoms with van der Waals surface area (Å²) in [7, 11) is -3.71. The molecule has 2 heterocycles. The maximum Gasteiger partial charge on any atom is 0.293 e. The Labute approximate surface area is 138 Å². The molecule has 8 nitrogen and oxygen atoms in total. The quantitative estimate of drug-likeness (QED) is 0.716. The number of aryl methyl sites for hydroxylation is 1. The molecule has 0 bridgehead atoms. The molecule has 0 aliphatic carbocycles. The van der Waals surface area contributed by atoms with E-state index in [-0.39, 0.29) is 16.1 Å². The minimum absolute atomic E-state index is 0.117. The van der Waals surface area contributed by atoms with Crippen molar-refractivity contribution in [1.82, 2.24) is 24.3 Å². The van der Waals surface area contributed by atoms with E-state index in [9.17, 15) is 13.2 Å². The van der Waals surface area contributed by atoms with E-state index < -0.39 is 16.1 Å². The van der Waals surface area contributed by atoms with Gasteiger partial charge in [0.05, 0.1) is 10.9 Å². The number of sulfonamides is 1. The number of hydrogen-bond acceptors (Lipinski definition) is 5. The van der Waals surface area contributed by atoms with Crippen molar-refractivity contribution in [2.24, 2.45) is 0 Å². The van der Waals surface area contributed by atoms with E-state index in [1.807, 2.05) is 13.0 Å². The van der Waals surface area contributed by atoms with Gasteiger partial charge in [-0.1, -0.05) is 19.1 Å². The van der Waals surface area contributed by atoms with Crippen LogP contribution < -0.4 is 10.3 Å². The number of H-pyrrole nitrogens is 1. The summed E-state index contributed by atoms with van der Waals surface area (Å²) in [4.78, 5) is 14.4. The number of fused-ring (bicyclic) bond motifs is 1. The van der Waals surface area contributed by atoms with Gasteiger partial charge >= 0.3 is 0 Å². The first-order chi connectivity index (χ1) is 11.4. The average molecular weight is 347 g/mol. The molecule has 0 amide bonds. The Morgan fingerprint density at radius 2 is 2.12 bits per heavy atom. The molecule has 3 rings (SSSR count). The molecule has 1 aromatic carbocycles. The van der Waals surface area contributed by atoms with E-state index in [0.717, 1.165) is 12.0 Å². The molecule has 0 aliphatic heterocycles. The third-order valence-corrected chi connectivity index (χ3v) is 5.24. The molecule has 1 atom stereocenters. The van der Waals surface area contributed by atoms with Gasteiger partial charge in [0.25, 0.3) is 5.56 Å². The maximum absolute atomic E-state index is 12.6. The second kappa shape index (κ2) is 6.17. The molecule has 126 valence electrons. The van der Waals surface area contributed by atoms with Crippen LogP contribution in [0.3, 0.4) is 0 Å². The van der Waals surface area contributed by atoms with Gasteiger partial charge in [-0.3, -0.25) is 9.20 Å². The summed E-state index contributed by atoms with van der Waals surface area (Å²) in [6.45, 7) is 3.61. The van der Waals surface area contributed by atoms with Gasteiger partial charge in [0.15, 0.2) is 5.82 Å². The molecule has 0 saturated heterocycles. The van der Waals surface area contributed by atoms with Gasteiger partial charge in [0.1, 0.15) is 0 Å². The number of nitrogens with zero attached hydrogens (tertiary/aromatic N) is 3. The van der Waals surface area contributed by atoms with Crippen molar-refractivity contribution in [1.29, 1.82) is 0 Å². The van der Waals surface area contributed by atoms with Gasteiger partial charge < -0.3 is 4.98 Å². The van der Waals surface area contributed by atoms with Crippen LogP contribution in [0.5, 0.6) is 0 Å². The Morgan fingerprint density at radius 1 is 1.33 bits per heavy atom. The van der Waals surface area contributed by atoms with E-state index in [2.05, 4.69) is 19.9 Å². The molecule has 0 radical (unpaired) electrons. The highest BCUT2D eigenvalue weighted by Crippen LogP contribution is 2.17. The topological polar surface area (TPSA) is 109 Å². The van der Waals surface area contributed by atoms with E-state index >= 15 is 0 Å². The van der Waals surface area contributed by atoms with Crippen LogP contribution in [0, 0.1) is 0 Å². The predicted octanol–water partition coefficient (Wildman–Crippen LogP) is 1.02. The van der Waals surface area contributed by atoms with E-state index in [1.54, 1.807) is 31.3 Å². The number of aromatic amines is 1. The molecule has 0 aliphatic rings. The van der Waals surface area contributed by atoms with Gasteiger partial charge in [0.2, 0.25) is 15.7 Å². The fourth-order valence-corrected chi connectivity index (χ4v) is 3.71. The maximum atomic E-state index is 12.6. The van der Waals surface area contributed by atoms with Crippen molar-refractivity contribution >= 4 is 15.7 Å². The zero-order chi connectivity index (χ0) is 17.3. The first-order valence-electron chi connectivity index (χ1n) is 7.46. The second-order valence-corrected chi connectivity index (χ2v) is 7.10. The normalized spacial score (nSPS) is 13.2. The Hall–Kier alpha value is -2.52. The molecule has 0 spiro atoms. The van der Waals surface area contributed by atoms with Gasteiger partial charge in [-0.25, -0.2) is 13.1 Å². The molecule has 3 aromatic rings. The van der Waals surface area contributed by atoms with Gasteiger partial charge in [0, 0.05) is 12.4 Å². The van der Waals surface area contributed by atoms with E-state index in [0.29, 0.717) is 5.82 Å². The average Bonchev–Trinajstić information content (AvgIpc) is 3.00. The smallest absolute Gasteiger partial charge is 0.293 e. The fraction of sp³-hybridized carbons (Fsp3) is 0.267. The molecule has 9 heteroatoms. The molecule has 2 aromatic heterocycles. The minimum Gasteiger partial charge on any atom is -0.324 e. The van der Waals surface area contributed by atoms with Gasteiger partial charge in [-0.05, 0) is 31.0 Å². The number of nitrogens with one attached hydrogen (secondary N) is 2. The van der Waals surface area contributed by atoms with Crippen molar-refractivity contribution in [3.8, 4) is 0 Å². The van der Waals surface area contributed by atoms with Crippen molar-refractivity contribution < 1.29 is 8.42 Å². The van der Waals surface area contributed by atoms with Crippen LogP contribution >= 0.6 is 0 Å². The van der Waals surface area contributed by atoms with E-state index in [1.165, 1.54) is 10.6 Å². The number of hydrogen-bond donors (Lipinski definition) is 2. The summed E-state index contributed by atoms with van der Waals surface area (Å²) in [6, 6.07) is 6.12. The summed E-state index contributed by atoms with van der Waals surface area (Å²) in [5.74, 6) is 0.339. The summed E-state index contributed by atoms with van der Waals surface area (Å²) in [5, 5.41) is 7.74. The van der Waals surface area contributed by atoms with Crippen molar-refractivity contribution in [2.45, 2.75) is 31.2 Å². The Bertz CT molecular complexity index is 1040. The molecule has 24 heavy (non-hydrogen) atoms. The number of rotatable bonds is 5. The molecule has 1 unspecified atom stereocenters. The number of benzene rings is 1. The molecule has 0 fully saturated rings. The highest BCUT2D eigenvalue weighted by atomic mass is 32.2. The van der Waals surface area contributed by atoms with Gasteiger partial charge in [-0.2, -0.15) is 0 Å². The third-order valence-electron chi connectivity index (χ3n) is 3.70. The molecule has 2 N–H and O–H groups in total. The monoisotopic (exact) mass is 347 g/mol. The zero-order valence-electron chi connectivity index (χ0n) is 13.2. The predicted molar refractivity (Wildman–Crippen MR) is 88.2 cm³/mol. The van der Waals surface area contributed by atoms with E-state index in [4.69, 9.17) is 0 Å². The third kappa shape index (κ3) is 2.95. The summed E-state index contributed by atoms with van der Waals surface area (Å²) < 4.78 is 29.2. The second-order valence-electron chi connectivity index (χ2n) is 5.38. The Balaban J connectivity index is 1.94. The lowest BCUT2D eigenvalue weighted by Crippen LogP contribution is -2.28. The summed E-state index contributed by atoms with van der Waals surface area (Å²) >= 11 is 0. The van der Waals surface area contributed by atoms with Crippen molar-refractivity contribution in [3.05, 3.63) is 58.4 Å². The largest absolute Gasteiger partial charge is 0.324 e. The Kier molecular flexibility index (Phi) is 4.20. The zero-order valence-corrected chi connectivity index (χ0v) is 14.0. The lowest BCUT2D eigenvalue weighted by atomic mass is 10.2. The first-order valence-corrected chi connectivity index (χ1v) is 8.94. The van der Waals surface area contributed by atoms with Crippen LogP contribution in [0.25, 0.3) is 5.65 Å². The van der Waals surface area contributed by atoms with Crippen LogP contribution in [0.2, 0.25) is 0 Å². The van der Waals surface area contributed by atoms with Crippen LogP contribution in [0.1, 0.15) is 31.3 Å². The highest BCUT2D eigenvalue weighted by Gasteiger charge is 2.22. The van der Waals surface area contributed by atoms with Crippen molar-refractivity contribution in [3.63, 3.8) is 0 Å². The van der Waals surface area contributed by atoms with Crippen LogP contribution in [0.15, 0.2) is 46.3 Å². The lowest BCUT2D eigenvalue weighted by Gasteiger charge is -2.13. The fourth-order valence-electron chi connectivity index (χ4n) is 2.44. The lowest BCUT2D eigenvalue weighted by molar-refractivity contribution is 0.558. The van der Waals surface area contributed by atoms with Crippen LogP contribution in [0.4, 0.5) is 0 Å². The molecule has 0 saturated carbocycles. The van der Waals surface area contributed by atoms with Crippen molar-refractivity contribution in [2.75, 3.05) is 0 Å². The minimum atomic E-state index is -3.71.